The van der Waals surface area contributed by atoms with Crippen LogP contribution in [0.2, 0.25) is 0 Å². The molecule has 1 saturated heterocycles. The second kappa shape index (κ2) is 6.13. The SMILES string of the molecule is Cc1cc(C)nc(N2CCN(C(=O)c3ccccc3)CC2)n1. The molecule has 0 saturated carbocycles. The molecule has 0 bridgehead atoms. The highest BCUT2D eigenvalue weighted by molar-refractivity contribution is 5.94. The zero-order valence-electron chi connectivity index (χ0n) is 13.0. The second-order valence-corrected chi connectivity index (χ2v) is 5.60. The topological polar surface area (TPSA) is 49.3 Å². The van der Waals surface area contributed by atoms with Crippen LogP contribution in [0.4, 0.5) is 5.95 Å². The van der Waals surface area contributed by atoms with Crippen LogP contribution >= 0.6 is 0 Å². The second-order valence-electron chi connectivity index (χ2n) is 5.60. The average Bonchev–Trinajstić information content (AvgIpc) is 2.54. The maximum absolute atomic E-state index is 12.4. The molecule has 5 nitrogen and oxygen atoms in total. The number of anilines is 1. The Morgan fingerprint density at radius 3 is 2.14 bits per heavy atom. The van der Waals surface area contributed by atoms with Gasteiger partial charge in [-0.05, 0) is 32.0 Å². The van der Waals surface area contributed by atoms with Crippen LogP contribution in [0.5, 0.6) is 0 Å². The molecule has 1 fully saturated rings. The zero-order valence-corrected chi connectivity index (χ0v) is 13.0. The lowest BCUT2D eigenvalue weighted by atomic mass is 10.2. The minimum absolute atomic E-state index is 0.0987. The summed E-state index contributed by atoms with van der Waals surface area (Å²) in [7, 11) is 0. The maximum atomic E-state index is 12.4. The highest BCUT2D eigenvalue weighted by Crippen LogP contribution is 2.14. The number of carbonyl (C=O) groups is 1. The van der Waals surface area contributed by atoms with Crippen LogP contribution in [-0.2, 0) is 0 Å². The van der Waals surface area contributed by atoms with E-state index in [-0.39, 0.29) is 5.91 Å². The third-order valence-electron chi connectivity index (χ3n) is 3.84. The number of aromatic nitrogens is 2. The normalized spacial score (nSPS) is 15.0. The molecule has 0 N–H and O–H groups in total. The molecular weight excluding hydrogens is 276 g/mol. The summed E-state index contributed by atoms with van der Waals surface area (Å²) in [5, 5.41) is 0. The van der Waals surface area contributed by atoms with E-state index in [0.29, 0.717) is 13.1 Å². The van der Waals surface area contributed by atoms with Gasteiger partial charge in [-0.15, -0.1) is 0 Å². The Balaban J connectivity index is 1.66. The van der Waals surface area contributed by atoms with Gasteiger partial charge in [0, 0.05) is 43.1 Å². The van der Waals surface area contributed by atoms with Crippen molar-refractivity contribution >= 4 is 11.9 Å². The number of hydrogen-bond donors (Lipinski definition) is 0. The number of aryl methyl sites for hydroxylation is 2. The minimum atomic E-state index is 0.0987. The van der Waals surface area contributed by atoms with E-state index in [1.54, 1.807) is 0 Å². The van der Waals surface area contributed by atoms with Gasteiger partial charge in [-0.1, -0.05) is 18.2 Å². The van der Waals surface area contributed by atoms with Crippen molar-refractivity contribution in [2.24, 2.45) is 0 Å². The monoisotopic (exact) mass is 296 g/mol. The number of nitrogens with zero attached hydrogens (tertiary/aromatic N) is 4. The van der Waals surface area contributed by atoms with Gasteiger partial charge >= 0.3 is 0 Å². The predicted octanol–water partition coefficient (Wildman–Crippen LogP) is 2.06. The number of rotatable bonds is 2. The molecule has 1 aromatic carbocycles. The van der Waals surface area contributed by atoms with Crippen molar-refractivity contribution in [1.82, 2.24) is 14.9 Å². The molecule has 1 aromatic heterocycles. The lowest BCUT2D eigenvalue weighted by Crippen LogP contribution is -2.49. The van der Waals surface area contributed by atoms with Crippen molar-refractivity contribution in [3.63, 3.8) is 0 Å². The van der Waals surface area contributed by atoms with E-state index in [2.05, 4.69) is 14.9 Å². The highest BCUT2D eigenvalue weighted by atomic mass is 16.2. The van der Waals surface area contributed by atoms with E-state index < -0.39 is 0 Å². The smallest absolute Gasteiger partial charge is 0.253 e. The zero-order chi connectivity index (χ0) is 15.5. The van der Waals surface area contributed by atoms with Crippen molar-refractivity contribution in [2.45, 2.75) is 13.8 Å². The van der Waals surface area contributed by atoms with Crippen LogP contribution in [0.3, 0.4) is 0 Å². The summed E-state index contributed by atoms with van der Waals surface area (Å²) in [4.78, 5) is 25.5. The van der Waals surface area contributed by atoms with E-state index in [0.717, 1.165) is 36.0 Å². The van der Waals surface area contributed by atoms with E-state index in [4.69, 9.17) is 0 Å². The van der Waals surface area contributed by atoms with Gasteiger partial charge in [-0.2, -0.15) is 0 Å². The number of amides is 1. The van der Waals surface area contributed by atoms with Crippen LogP contribution in [0.15, 0.2) is 36.4 Å². The quantitative estimate of drug-likeness (QED) is 0.851. The first-order valence-corrected chi connectivity index (χ1v) is 7.55. The van der Waals surface area contributed by atoms with E-state index in [1.165, 1.54) is 0 Å². The van der Waals surface area contributed by atoms with E-state index in [9.17, 15) is 4.79 Å². The molecule has 3 rings (SSSR count). The third kappa shape index (κ3) is 3.08. The van der Waals surface area contributed by atoms with Gasteiger partial charge in [-0.3, -0.25) is 4.79 Å². The standard InChI is InChI=1S/C17H20N4O/c1-13-12-14(2)19-17(18-13)21-10-8-20(9-11-21)16(22)15-6-4-3-5-7-15/h3-7,12H,8-11H2,1-2H3. The van der Waals surface area contributed by atoms with Crippen LogP contribution in [0, 0.1) is 13.8 Å². The van der Waals surface area contributed by atoms with Gasteiger partial charge in [0.25, 0.3) is 5.91 Å². The molecule has 5 heteroatoms. The van der Waals surface area contributed by atoms with Crippen LogP contribution in [0.25, 0.3) is 0 Å². The summed E-state index contributed by atoms with van der Waals surface area (Å²) in [5.74, 6) is 0.867. The van der Waals surface area contributed by atoms with Crippen molar-refractivity contribution < 1.29 is 4.79 Å². The molecule has 0 unspecified atom stereocenters. The molecule has 22 heavy (non-hydrogen) atoms. The number of benzene rings is 1. The van der Waals surface area contributed by atoms with Gasteiger partial charge in [0.05, 0.1) is 0 Å². The summed E-state index contributed by atoms with van der Waals surface area (Å²) >= 11 is 0. The maximum Gasteiger partial charge on any atom is 0.253 e. The Kier molecular flexibility index (Phi) is 4.04. The molecule has 1 amide bonds. The highest BCUT2D eigenvalue weighted by Gasteiger charge is 2.23. The van der Waals surface area contributed by atoms with Gasteiger partial charge in [-0.25, -0.2) is 9.97 Å². The van der Waals surface area contributed by atoms with Gasteiger partial charge < -0.3 is 9.80 Å². The molecule has 0 atom stereocenters. The Morgan fingerprint density at radius 2 is 1.55 bits per heavy atom. The van der Waals surface area contributed by atoms with E-state index >= 15 is 0 Å². The number of hydrogen-bond acceptors (Lipinski definition) is 4. The van der Waals surface area contributed by atoms with Crippen LogP contribution in [0.1, 0.15) is 21.7 Å². The van der Waals surface area contributed by atoms with Crippen molar-refractivity contribution in [1.29, 1.82) is 0 Å². The lowest BCUT2D eigenvalue weighted by molar-refractivity contribution is 0.0746. The average molecular weight is 296 g/mol. The third-order valence-corrected chi connectivity index (χ3v) is 3.84. The summed E-state index contributed by atoms with van der Waals surface area (Å²) in [5.41, 5.74) is 2.70. The summed E-state index contributed by atoms with van der Waals surface area (Å²) in [6, 6.07) is 11.4. The van der Waals surface area contributed by atoms with Gasteiger partial charge in [0.1, 0.15) is 0 Å². The van der Waals surface area contributed by atoms with Gasteiger partial charge in [0.2, 0.25) is 5.95 Å². The molecule has 2 heterocycles. The van der Waals surface area contributed by atoms with Crippen molar-refractivity contribution in [3.05, 3.63) is 53.3 Å². The molecule has 2 aromatic rings. The van der Waals surface area contributed by atoms with Crippen molar-refractivity contribution in [3.8, 4) is 0 Å². The fourth-order valence-electron chi connectivity index (χ4n) is 2.72. The first-order chi connectivity index (χ1) is 10.6. The Hall–Kier alpha value is -2.43. The molecule has 0 aliphatic carbocycles. The van der Waals surface area contributed by atoms with Gasteiger partial charge in [0.15, 0.2) is 0 Å². The Morgan fingerprint density at radius 1 is 0.955 bits per heavy atom. The first-order valence-electron chi connectivity index (χ1n) is 7.55. The minimum Gasteiger partial charge on any atom is -0.337 e. The van der Waals surface area contributed by atoms with Crippen LogP contribution < -0.4 is 4.90 Å². The molecule has 1 aliphatic heterocycles. The van der Waals surface area contributed by atoms with E-state index in [1.807, 2.05) is 55.1 Å². The molecule has 1 aliphatic rings. The Bertz CT molecular complexity index is 643. The summed E-state index contributed by atoms with van der Waals surface area (Å²) < 4.78 is 0. The van der Waals surface area contributed by atoms with Crippen LogP contribution in [-0.4, -0.2) is 47.0 Å². The fourth-order valence-corrected chi connectivity index (χ4v) is 2.72. The first kappa shape index (κ1) is 14.5. The summed E-state index contributed by atoms with van der Waals surface area (Å²) in [6.07, 6.45) is 0. The largest absolute Gasteiger partial charge is 0.337 e. The lowest BCUT2D eigenvalue weighted by Gasteiger charge is -2.35. The number of piperazine rings is 1. The fraction of sp³-hybridized carbons (Fsp3) is 0.353. The molecule has 114 valence electrons. The Labute approximate surface area is 130 Å². The molecule has 0 spiro atoms. The number of carbonyl (C=O) groups excluding carboxylic acids is 1. The van der Waals surface area contributed by atoms with Crippen molar-refractivity contribution in [2.75, 3.05) is 31.1 Å². The summed E-state index contributed by atoms with van der Waals surface area (Å²) in [6.45, 7) is 6.89. The molecular formula is C17H20N4O. The molecule has 0 radical (unpaired) electrons. The predicted molar refractivity (Wildman–Crippen MR) is 86.1 cm³/mol.